The number of aromatic nitrogens is 2. The van der Waals surface area contributed by atoms with Gasteiger partial charge in [-0.15, -0.1) is 0 Å². The lowest BCUT2D eigenvalue weighted by Gasteiger charge is -2.32. The average Bonchev–Trinajstić information content (AvgIpc) is 2.67. The zero-order chi connectivity index (χ0) is 10.7. The lowest BCUT2D eigenvalue weighted by molar-refractivity contribution is 0.290. The molecule has 1 saturated heterocycles. The number of nitrogens with one attached hydrogen (secondary N) is 1. The molecule has 0 spiro atoms. The van der Waals surface area contributed by atoms with Gasteiger partial charge in [-0.2, -0.15) is 0 Å². The van der Waals surface area contributed by atoms with E-state index in [0.29, 0.717) is 12.1 Å². The summed E-state index contributed by atoms with van der Waals surface area (Å²) in [5.41, 5.74) is 1.39. The van der Waals surface area contributed by atoms with Crippen molar-refractivity contribution >= 4 is 0 Å². The minimum absolute atomic E-state index is 0.573. The molecule has 3 heteroatoms. The van der Waals surface area contributed by atoms with E-state index in [4.69, 9.17) is 0 Å². The molecular weight excluding hydrogens is 186 g/mol. The summed E-state index contributed by atoms with van der Waals surface area (Å²) in [6.45, 7) is 5.66. The molecule has 1 aromatic rings. The molecule has 2 heterocycles. The van der Waals surface area contributed by atoms with Crippen molar-refractivity contribution < 1.29 is 0 Å². The Hall–Kier alpha value is -0.830. The van der Waals surface area contributed by atoms with Gasteiger partial charge in [-0.3, -0.25) is 0 Å². The number of piperidine rings is 1. The molecule has 1 aliphatic heterocycles. The van der Waals surface area contributed by atoms with E-state index in [2.05, 4.69) is 28.7 Å². The average molecular weight is 207 g/mol. The van der Waals surface area contributed by atoms with Crippen LogP contribution in [0.25, 0.3) is 0 Å². The SMILES string of the molecule is CCCc1cncn1C1CCCNC1C. The Morgan fingerprint density at radius 2 is 2.47 bits per heavy atom. The highest BCUT2D eigenvalue weighted by molar-refractivity contribution is 5.02. The molecule has 0 radical (unpaired) electrons. The van der Waals surface area contributed by atoms with Crippen molar-refractivity contribution in [3.63, 3.8) is 0 Å². The topological polar surface area (TPSA) is 29.9 Å². The zero-order valence-corrected chi connectivity index (χ0v) is 9.74. The highest BCUT2D eigenvalue weighted by atomic mass is 15.1. The Bertz CT molecular complexity index is 306. The van der Waals surface area contributed by atoms with Crippen molar-refractivity contribution in [2.75, 3.05) is 6.54 Å². The molecule has 1 fully saturated rings. The van der Waals surface area contributed by atoms with Crippen LogP contribution in [0.3, 0.4) is 0 Å². The maximum Gasteiger partial charge on any atom is 0.0951 e. The Balaban J connectivity index is 2.15. The predicted octanol–water partition coefficient (Wildman–Crippen LogP) is 2.15. The minimum Gasteiger partial charge on any atom is -0.330 e. The van der Waals surface area contributed by atoms with Crippen LogP contribution in [0.5, 0.6) is 0 Å². The highest BCUT2D eigenvalue weighted by Crippen LogP contribution is 2.23. The number of hydrogen-bond donors (Lipinski definition) is 1. The van der Waals surface area contributed by atoms with E-state index in [1.54, 1.807) is 0 Å². The van der Waals surface area contributed by atoms with Crippen LogP contribution in [0.15, 0.2) is 12.5 Å². The first-order valence-corrected chi connectivity index (χ1v) is 6.07. The van der Waals surface area contributed by atoms with Crippen LogP contribution in [0.2, 0.25) is 0 Å². The van der Waals surface area contributed by atoms with E-state index in [9.17, 15) is 0 Å². The Kier molecular flexibility index (Phi) is 3.41. The third kappa shape index (κ3) is 2.23. The smallest absolute Gasteiger partial charge is 0.0951 e. The maximum absolute atomic E-state index is 4.29. The molecule has 1 N–H and O–H groups in total. The molecule has 15 heavy (non-hydrogen) atoms. The Labute approximate surface area is 91.9 Å². The number of nitrogens with zero attached hydrogens (tertiary/aromatic N) is 2. The van der Waals surface area contributed by atoms with Crippen LogP contribution in [0.1, 0.15) is 44.8 Å². The molecule has 0 aromatic carbocycles. The fourth-order valence-electron chi connectivity index (χ4n) is 2.49. The van der Waals surface area contributed by atoms with Crippen molar-refractivity contribution in [2.24, 2.45) is 0 Å². The van der Waals surface area contributed by atoms with E-state index in [1.807, 2.05) is 12.5 Å². The Morgan fingerprint density at radius 3 is 3.20 bits per heavy atom. The number of hydrogen-bond acceptors (Lipinski definition) is 2. The van der Waals surface area contributed by atoms with Crippen molar-refractivity contribution in [1.82, 2.24) is 14.9 Å². The molecule has 0 bridgehead atoms. The second-order valence-corrected chi connectivity index (χ2v) is 4.49. The molecule has 2 atom stereocenters. The summed E-state index contributed by atoms with van der Waals surface area (Å²) >= 11 is 0. The second kappa shape index (κ2) is 4.79. The standard InChI is InChI=1S/C12H21N3/c1-3-5-11-8-13-9-15(11)12-6-4-7-14-10(12)2/h8-10,12,14H,3-7H2,1-2H3. The van der Waals surface area contributed by atoms with Gasteiger partial charge in [0.1, 0.15) is 0 Å². The minimum atomic E-state index is 0.573. The van der Waals surface area contributed by atoms with Gasteiger partial charge in [-0.05, 0) is 32.7 Å². The number of rotatable bonds is 3. The van der Waals surface area contributed by atoms with Gasteiger partial charge in [0.15, 0.2) is 0 Å². The summed E-state index contributed by atoms with van der Waals surface area (Å²) in [5, 5.41) is 3.54. The van der Waals surface area contributed by atoms with Crippen molar-refractivity contribution in [2.45, 2.75) is 51.6 Å². The molecule has 84 valence electrons. The summed E-state index contributed by atoms with van der Waals surface area (Å²) in [6, 6.07) is 1.17. The summed E-state index contributed by atoms with van der Waals surface area (Å²) in [5.74, 6) is 0. The van der Waals surface area contributed by atoms with Crippen molar-refractivity contribution in [3.05, 3.63) is 18.2 Å². The normalized spacial score (nSPS) is 26.8. The molecule has 3 nitrogen and oxygen atoms in total. The van der Waals surface area contributed by atoms with Crippen LogP contribution < -0.4 is 5.32 Å². The third-order valence-corrected chi connectivity index (χ3v) is 3.33. The first kappa shape index (κ1) is 10.7. The van der Waals surface area contributed by atoms with Gasteiger partial charge in [-0.25, -0.2) is 4.98 Å². The van der Waals surface area contributed by atoms with Crippen LogP contribution >= 0.6 is 0 Å². The molecule has 0 saturated carbocycles. The maximum atomic E-state index is 4.29. The van der Waals surface area contributed by atoms with Crippen molar-refractivity contribution in [3.8, 4) is 0 Å². The van der Waals surface area contributed by atoms with Gasteiger partial charge in [0, 0.05) is 24.0 Å². The summed E-state index contributed by atoms with van der Waals surface area (Å²) in [6.07, 6.45) is 8.91. The molecule has 0 aliphatic carbocycles. The van der Waals surface area contributed by atoms with E-state index < -0.39 is 0 Å². The largest absolute Gasteiger partial charge is 0.330 e. The van der Waals surface area contributed by atoms with Crippen molar-refractivity contribution in [1.29, 1.82) is 0 Å². The predicted molar refractivity (Wildman–Crippen MR) is 62.0 cm³/mol. The monoisotopic (exact) mass is 207 g/mol. The fraction of sp³-hybridized carbons (Fsp3) is 0.750. The molecule has 0 amide bonds. The van der Waals surface area contributed by atoms with Gasteiger partial charge in [0.2, 0.25) is 0 Å². The van der Waals surface area contributed by atoms with Gasteiger partial charge < -0.3 is 9.88 Å². The molecule has 2 rings (SSSR count). The molecule has 1 aromatic heterocycles. The number of aryl methyl sites for hydroxylation is 1. The van der Waals surface area contributed by atoms with Crippen LogP contribution in [-0.2, 0) is 6.42 Å². The Morgan fingerprint density at radius 1 is 1.60 bits per heavy atom. The van der Waals surface area contributed by atoms with Gasteiger partial charge in [0.25, 0.3) is 0 Å². The summed E-state index contributed by atoms with van der Waals surface area (Å²) < 4.78 is 2.38. The molecule has 2 unspecified atom stereocenters. The molecular formula is C12H21N3. The van der Waals surface area contributed by atoms with Crippen LogP contribution in [-0.4, -0.2) is 22.1 Å². The molecule has 1 aliphatic rings. The number of imidazole rings is 1. The van der Waals surface area contributed by atoms with Gasteiger partial charge in [-0.1, -0.05) is 13.3 Å². The van der Waals surface area contributed by atoms with E-state index in [-0.39, 0.29) is 0 Å². The fourth-order valence-corrected chi connectivity index (χ4v) is 2.49. The summed E-state index contributed by atoms with van der Waals surface area (Å²) in [4.78, 5) is 4.29. The lowest BCUT2D eigenvalue weighted by atomic mass is 9.99. The lowest BCUT2D eigenvalue weighted by Crippen LogP contribution is -2.40. The van der Waals surface area contributed by atoms with Crippen LogP contribution in [0, 0.1) is 0 Å². The first-order chi connectivity index (χ1) is 7.33. The van der Waals surface area contributed by atoms with E-state index in [0.717, 1.165) is 13.0 Å². The highest BCUT2D eigenvalue weighted by Gasteiger charge is 2.23. The van der Waals surface area contributed by atoms with E-state index >= 15 is 0 Å². The quantitative estimate of drug-likeness (QED) is 0.823. The summed E-state index contributed by atoms with van der Waals surface area (Å²) in [7, 11) is 0. The van der Waals surface area contributed by atoms with Gasteiger partial charge in [0.05, 0.1) is 6.33 Å². The van der Waals surface area contributed by atoms with Crippen LogP contribution in [0.4, 0.5) is 0 Å². The third-order valence-electron chi connectivity index (χ3n) is 3.33. The van der Waals surface area contributed by atoms with Gasteiger partial charge >= 0.3 is 0 Å². The first-order valence-electron chi connectivity index (χ1n) is 6.07. The zero-order valence-electron chi connectivity index (χ0n) is 9.74. The second-order valence-electron chi connectivity index (χ2n) is 4.49. The van der Waals surface area contributed by atoms with E-state index in [1.165, 1.54) is 25.0 Å².